The lowest BCUT2D eigenvalue weighted by Crippen LogP contribution is -2.29. The van der Waals surface area contributed by atoms with Gasteiger partial charge in [-0.25, -0.2) is 9.78 Å². The van der Waals surface area contributed by atoms with E-state index in [-0.39, 0.29) is 6.42 Å². The number of carbonyl (C=O) groups is 1. The van der Waals surface area contributed by atoms with Crippen molar-refractivity contribution in [3.8, 4) is 0 Å². The average Bonchev–Trinajstić information content (AvgIpc) is 2.75. The molecule has 0 bridgehead atoms. The highest BCUT2D eigenvalue weighted by Gasteiger charge is 2.16. The Labute approximate surface area is 117 Å². The fraction of sp³-hybridized carbons (Fsp3) is 0.455. The molecule has 0 amide bonds. The normalized spacial score (nSPS) is 11.1. The molecule has 0 spiro atoms. The first-order valence-corrected chi connectivity index (χ1v) is 6.98. The zero-order chi connectivity index (χ0) is 14.9. The van der Waals surface area contributed by atoms with Crippen molar-refractivity contribution in [1.29, 1.82) is 0 Å². The lowest BCUT2D eigenvalue weighted by atomic mass is 10.5. The summed E-state index contributed by atoms with van der Waals surface area (Å²) in [6.45, 7) is 2.36. The van der Waals surface area contributed by atoms with Gasteiger partial charge in [0.1, 0.15) is 0 Å². The molecule has 0 aromatic carbocycles. The van der Waals surface area contributed by atoms with Gasteiger partial charge in [0.05, 0.1) is 6.42 Å². The Bertz CT molecular complexity index is 773. The molecule has 0 unspecified atom stereocenters. The van der Waals surface area contributed by atoms with Crippen LogP contribution in [-0.4, -0.2) is 35.9 Å². The summed E-state index contributed by atoms with van der Waals surface area (Å²) in [5, 5.41) is 9.18. The number of imidazole rings is 1. The van der Waals surface area contributed by atoms with Gasteiger partial charge in [0.2, 0.25) is 0 Å². The molecule has 0 atom stereocenters. The van der Waals surface area contributed by atoms with Crippen molar-refractivity contribution < 1.29 is 9.90 Å². The predicted molar refractivity (Wildman–Crippen MR) is 74.2 cm³/mol. The number of thioether (sulfide) groups is 1. The van der Waals surface area contributed by atoms with Crippen LogP contribution in [0.1, 0.15) is 13.3 Å². The van der Waals surface area contributed by atoms with Gasteiger partial charge in [-0.05, 0) is 6.92 Å². The minimum atomic E-state index is -0.887. The molecule has 9 heteroatoms. The fourth-order valence-corrected chi connectivity index (χ4v) is 2.83. The number of aryl methyl sites for hydroxylation is 2. The predicted octanol–water partition coefficient (Wildman–Crippen LogP) is 0.01000. The molecule has 0 aliphatic heterocycles. The molecule has 0 saturated carbocycles. The maximum Gasteiger partial charge on any atom is 0.329 e. The summed E-state index contributed by atoms with van der Waals surface area (Å²) in [6.07, 6.45) is 0.00682. The van der Waals surface area contributed by atoms with E-state index < -0.39 is 17.2 Å². The number of hydrogen-bond acceptors (Lipinski definition) is 5. The van der Waals surface area contributed by atoms with Crippen LogP contribution in [-0.2, 0) is 18.4 Å². The van der Waals surface area contributed by atoms with E-state index in [1.165, 1.54) is 23.4 Å². The summed E-state index contributed by atoms with van der Waals surface area (Å²) in [4.78, 5) is 40.5. The summed E-state index contributed by atoms with van der Waals surface area (Å²) >= 11 is 1.25. The molecular formula is C11H14N4O4S. The minimum absolute atomic E-state index is 0.00682. The van der Waals surface area contributed by atoms with Crippen LogP contribution in [0.3, 0.4) is 0 Å². The van der Waals surface area contributed by atoms with Gasteiger partial charge in [0.15, 0.2) is 16.3 Å². The molecule has 2 N–H and O–H groups in total. The first-order valence-electron chi connectivity index (χ1n) is 5.99. The molecule has 0 aliphatic rings. The van der Waals surface area contributed by atoms with Gasteiger partial charge in [-0.1, -0.05) is 11.8 Å². The van der Waals surface area contributed by atoms with E-state index in [1.54, 1.807) is 4.57 Å². The molecule has 2 rings (SSSR count). The highest BCUT2D eigenvalue weighted by molar-refractivity contribution is 7.99. The second kappa shape index (κ2) is 5.53. The number of nitrogens with one attached hydrogen (secondary N) is 1. The maximum absolute atomic E-state index is 11.9. The summed E-state index contributed by atoms with van der Waals surface area (Å²) in [5.41, 5.74) is -0.376. The number of carboxylic acid groups (broad SMARTS) is 1. The third-order valence-electron chi connectivity index (χ3n) is 2.84. The molecular weight excluding hydrogens is 284 g/mol. The van der Waals surface area contributed by atoms with Gasteiger partial charge >= 0.3 is 11.7 Å². The summed E-state index contributed by atoms with van der Waals surface area (Å²) in [7, 11) is 1.53. The molecule has 108 valence electrons. The van der Waals surface area contributed by atoms with Crippen LogP contribution in [0.25, 0.3) is 11.2 Å². The van der Waals surface area contributed by atoms with Gasteiger partial charge in [0, 0.05) is 19.3 Å². The fourth-order valence-electron chi connectivity index (χ4n) is 1.85. The van der Waals surface area contributed by atoms with Gasteiger partial charge in [-0.15, -0.1) is 0 Å². The number of rotatable bonds is 5. The van der Waals surface area contributed by atoms with E-state index >= 15 is 0 Å². The molecule has 8 nitrogen and oxygen atoms in total. The van der Waals surface area contributed by atoms with Gasteiger partial charge < -0.3 is 9.67 Å². The van der Waals surface area contributed by atoms with Crippen LogP contribution in [0.15, 0.2) is 14.7 Å². The average molecular weight is 298 g/mol. The number of aliphatic carboxylic acids is 1. The van der Waals surface area contributed by atoms with Crippen molar-refractivity contribution in [2.45, 2.75) is 25.0 Å². The van der Waals surface area contributed by atoms with Gasteiger partial charge in [0.25, 0.3) is 5.56 Å². The lowest BCUT2D eigenvalue weighted by molar-refractivity contribution is -0.136. The Balaban J connectivity index is 2.54. The number of H-pyrrole nitrogens is 1. The van der Waals surface area contributed by atoms with Crippen molar-refractivity contribution in [3.63, 3.8) is 0 Å². The SMILES string of the molecule is CCn1c(SCCC(=O)O)nc2c1c(=O)[nH]c(=O)n2C. The second-order valence-corrected chi connectivity index (χ2v) is 5.18. The number of fused-ring (bicyclic) bond motifs is 1. The molecule has 0 saturated heterocycles. The molecule has 2 heterocycles. The third kappa shape index (κ3) is 2.48. The van der Waals surface area contributed by atoms with Crippen molar-refractivity contribution >= 4 is 28.9 Å². The Hall–Kier alpha value is -2.03. The van der Waals surface area contributed by atoms with Crippen molar-refractivity contribution in [2.24, 2.45) is 7.05 Å². The Morgan fingerprint density at radius 2 is 2.15 bits per heavy atom. The van der Waals surface area contributed by atoms with Crippen LogP contribution in [0.4, 0.5) is 0 Å². The Morgan fingerprint density at radius 3 is 2.75 bits per heavy atom. The quantitative estimate of drug-likeness (QED) is 0.752. The van der Waals surface area contributed by atoms with E-state index in [0.717, 1.165) is 0 Å². The van der Waals surface area contributed by atoms with Crippen molar-refractivity contribution in [1.82, 2.24) is 19.1 Å². The van der Waals surface area contributed by atoms with Crippen LogP contribution in [0, 0.1) is 0 Å². The van der Waals surface area contributed by atoms with E-state index in [9.17, 15) is 14.4 Å². The Kier molecular flexibility index (Phi) is 3.98. The Morgan fingerprint density at radius 1 is 1.45 bits per heavy atom. The standard InChI is InChI=1S/C11H14N4O4S/c1-3-15-7-8(14(2)10(19)13-9(7)18)12-11(15)20-5-4-6(16)17/h3-5H2,1-2H3,(H,16,17)(H,13,18,19). The van der Waals surface area contributed by atoms with Crippen molar-refractivity contribution in [2.75, 3.05) is 5.75 Å². The zero-order valence-electron chi connectivity index (χ0n) is 11.0. The first kappa shape index (κ1) is 14.4. The van der Waals surface area contributed by atoms with Gasteiger partial charge in [-0.3, -0.25) is 19.1 Å². The number of nitrogens with zero attached hydrogens (tertiary/aromatic N) is 3. The number of aromatic amines is 1. The molecule has 2 aromatic heterocycles. The van der Waals surface area contributed by atoms with Crippen LogP contribution < -0.4 is 11.2 Å². The molecule has 0 fully saturated rings. The molecule has 0 aliphatic carbocycles. The summed E-state index contributed by atoms with van der Waals surface area (Å²) < 4.78 is 2.95. The number of hydrogen-bond donors (Lipinski definition) is 2. The zero-order valence-corrected chi connectivity index (χ0v) is 11.9. The summed E-state index contributed by atoms with van der Waals surface area (Å²) in [6, 6.07) is 0. The van der Waals surface area contributed by atoms with E-state index in [4.69, 9.17) is 5.11 Å². The topological polar surface area (TPSA) is 110 Å². The highest BCUT2D eigenvalue weighted by atomic mass is 32.2. The van der Waals surface area contributed by atoms with E-state index in [2.05, 4.69) is 9.97 Å². The second-order valence-electron chi connectivity index (χ2n) is 4.12. The van der Waals surface area contributed by atoms with Crippen LogP contribution in [0.5, 0.6) is 0 Å². The smallest absolute Gasteiger partial charge is 0.329 e. The summed E-state index contributed by atoms with van der Waals surface area (Å²) in [5.74, 6) is -0.535. The lowest BCUT2D eigenvalue weighted by Gasteiger charge is -2.03. The molecule has 0 radical (unpaired) electrons. The molecule has 20 heavy (non-hydrogen) atoms. The van der Waals surface area contributed by atoms with Gasteiger partial charge in [-0.2, -0.15) is 0 Å². The highest BCUT2D eigenvalue weighted by Crippen LogP contribution is 2.21. The van der Waals surface area contributed by atoms with E-state index in [0.29, 0.717) is 28.6 Å². The number of aromatic nitrogens is 4. The monoisotopic (exact) mass is 298 g/mol. The molecule has 2 aromatic rings. The third-order valence-corrected chi connectivity index (χ3v) is 3.81. The first-order chi connectivity index (χ1) is 9.45. The number of carboxylic acids is 1. The van der Waals surface area contributed by atoms with Crippen LogP contribution in [0.2, 0.25) is 0 Å². The minimum Gasteiger partial charge on any atom is -0.481 e. The largest absolute Gasteiger partial charge is 0.481 e. The maximum atomic E-state index is 11.9. The van der Waals surface area contributed by atoms with Crippen molar-refractivity contribution in [3.05, 3.63) is 20.8 Å². The van der Waals surface area contributed by atoms with E-state index in [1.807, 2.05) is 6.92 Å². The van der Waals surface area contributed by atoms with Crippen LogP contribution >= 0.6 is 11.8 Å².